The molecule has 1 aliphatic rings. The Bertz CT molecular complexity index is 2420. The number of rotatable bonds is 19. The van der Waals surface area contributed by atoms with Gasteiger partial charge in [0.15, 0.2) is 0 Å². The second-order valence-corrected chi connectivity index (χ2v) is 27.2. The van der Waals surface area contributed by atoms with E-state index in [1.54, 1.807) is 55.4 Å². The third kappa shape index (κ3) is 23.2. The molecule has 0 saturated carbocycles. The van der Waals surface area contributed by atoms with Crippen molar-refractivity contribution in [2.75, 3.05) is 62.5 Å². The molecule has 25 heteroatoms. The maximum absolute atomic E-state index is 15.2. The molecule has 0 aromatic rings. The molecule has 0 aromatic heterocycles. The fraction of sp³-hybridized carbons (Fsp3) is 0.812. The van der Waals surface area contributed by atoms with Crippen LogP contribution in [0.4, 0.5) is 0 Å². The van der Waals surface area contributed by atoms with Gasteiger partial charge in [-0.3, -0.25) is 52.7 Å². The Morgan fingerprint density at radius 2 is 0.989 bits per heavy atom. The molecule has 0 aliphatic carbocycles. The van der Waals surface area contributed by atoms with Crippen molar-refractivity contribution in [1.82, 2.24) is 55.6 Å². The summed E-state index contributed by atoms with van der Waals surface area (Å²) in [4.78, 5) is 181. The molecule has 25 nitrogen and oxygen atoms in total. The van der Waals surface area contributed by atoms with E-state index in [4.69, 9.17) is 4.74 Å². The number of nitrogens with one attached hydrogen (secondary N) is 4. The number of carbonyl (C=O) groups excluding carboxylic acids is 12. The number of carbonyl (C=O) groups is 12. The molecular weight excluding hydrogens is 1150 g/mol. The van der Waals surface area contributed by atoms with E-state index >= 15 is 9.59 Å². The summed E-state index contributed by atoms with van der Waals surface area (Å²) in [5, 5.41) is 23.1. The molecule has 0 radical (unpaired) electrons. The molecule has 89 heavy (non-hydrogen) atoms. The van der Waals surface area contributed by atoms with Gasteiger partial charge in [0.25, 0.3) is 0 Å². The van der Waals surface area contributed by atoms with Crippen molar-refractivity contribution in [3.63, 3.8) is 0 Å². The van der Waals surface area contributed by atoms with Crippen molar-refractivity contribution in [3.05, 3.63) is 0 Å². The summed E-state index contributed by atoms with van der Waals surface area (Å²) < 4.78 is 5.79. The van der Waals surface area contributed by atoms with Crippen molar-refractivity contribution in [2.24, 2.45) is 35.5 Å². The van der Waals surface area contributed by atoms with E-state index in [1.165, 1.54) is 82.8 Å². The smallest absolute Gasteiger partial charge is 0.246 e. The number of nitrogens with zero attached hydrogens (tertiary/aromatic N) is 7. The van der Waals surface area contributed by atoms with Gasteiger partial charge >= 0.3 is 0 Å². The molecule has 510 valence electrons. The molecule has 1 rings (SSSR count). The van der Waals surface area contributed by atoms with Gasteiger partial charge in [0.1, 0.15) is 73.3 Å². The Labute approximate surface area is 531 Å². The van der Waals surface area contributed by atoms with Crippen LogP contribution >= 0.6 is 0 Å². The van der Waals surface area contributed by atoms with Crippen LogP contribution in [0.2, 0.25) is 0 Å². The van der Waals surface area contributed by atoms with E-state index in [2.05, 4.69) is 21.3 Å². The first-order chi connectivity index (χ1) is 41.1. The minimum absolute atomic E-state index is 0.0127. The lowest BCUT2D eigenvalue weighted by Crippen LogP contribution is -2.63. The Morgan fingerprint density at radius 1 is 0.528 bits per heavy atom. The van der Waals surface area contributed by atoms with Gasteiger partial charge in [0.05, 0.1) is 18.2 Å². The number of hydrogen-bond donors (Lipinski definition) is 5. The van der Waals surface area contributed by atoms with Gasteiger partial charge in [-0.15, -0.1) is 0 Å². The van der Waals surface area contributed by atoms with E-state index in [0.717, 1.165) is 21.1 Å². The minimum atomic E-state index is -1.61. The van der Waals surface area contributed by atoms with Gasteiger partial charge in [0.2, 0.25) is 65.0 Å². The lowest BCUT2D eigenvalue weighted by molar-refractivity contribution is -0.157. The zero-order valence-corrected chi connectivity index (χ0v) is 58.3. The highest BCUT2D eigenvalue weighted by atomic mass is 16.5. The van der Waals surface area contributed by atoms with Crippen LogP contribution in [0.25, 0.3) is 0 Å². The predicted octanol–water partition coefficient (Wildman–Crippen LogP) is 2.83. The predicted molar refractivity (Wildman–Crippen MR) is 340 cm³/mol. The molecule has 0 bridgehead atoms. The Kier molecular flexibility index (Phi) is 33.2. The van der Waals surface area contributed by atoms with E-state index in [9.17, 15) is 53.1 Å². The largest absolute Gasteiger partial charge is 0.390 e. The molecule has 1 fully saturated rings. The number of hydrogen-bond acceptors (Lipinski definition) is 14. The SMILES string of the molecule is CCCC[C@@H](C)[C@@H](O)[C@H]1C(=O)N[C@@H](CC)C(=O)N(C)CC(=O)N(C)[C@@H](CC(C)(C)OCC=O)C(=O)N[C@@H](C(C)C)C(=O)N(C)[C@@H](CC(C)C)C(=O)N[C@@H](C)C(=O)N[C@H](C)C(=O)N(C)[C@@H](CC(C)C)C(=O)N(C)[C@@H](CC(C)C)C(=O)N(C)[C@@H](C(C)C)C(=O)N1C. The standard InChI is InChI=1S/C64H115N11O14/c1-25-27-28-41(13)53(78)52-57(82)67-44(26-2)59(84)69(18)35-49(77)70(19)48(34-64(16,17)89-30-29-76)56(81)68-50(39(9)10)62(87)71(20)45(31-36(3)4)55(80)65-42(14)54(79)66-43(15)58(83)72(21)46(32-37(5)6)60(85)73(22)47(33-38(7)8)61(86)74(23)51(40(11)12)63(88)75(52)24/h29,36-48,50-53,78H,25-28,30-35H2,1-24H3,(H,65,80)(H,66,79)(H,67,82)(H,68,81)/t41-,42+,43-,44+,45+,46+,47+,48+,50+,51+,52+,53-/m1/s1. The van der Waals surface area contributed by atoms with Crippen LogP contribution < -0.4 is 21.3 Å². The summed E-state index contributed by atoms with van der Waals surface area (Å²) in [6, 6.07) is -12.9. The lowest BCUT2D eigenvalue weighted by atomic mass is 9.90. The highest BCUT2D eigenvalue weighted by Crippen LogP contribution is 2.27. The lowest BCUT2D eigenvalue weighted by Gasteiger charge is -2.41. The minimum Gasteiger partial charge on any atom is -0.390 e. The number of amides is 11. The maximum atomic E-state index is 15.2. The third-order valence-corrected chi connectivity index (χ3v) is 16.9. The first-order valence-electron chi connectivity index (χ1n) is 31.9. The maximum Gasteiger partial charge on any atom is 0.246 e. The normalized spacial score (nSPS) is 26.2. The summed E-state index contributed by atoms with van der Waals surface area (Å²) >= 11 is 0. The van der Waals surface area contributed by atoms with Crippen molar-refractivity contribution in [3.8, 4) is 0 Å². The van der Waals surface area contributed by atoms with Gasteiger partial charge in [0, 0.05) is 55.8 Å². The van der Waals surface area contributed by atoms with Crippen LogP contribution in [0.5, 0.6) is 0 Å². The fourth-order valence-corrected chi connectivity index (χ4v) is 11.2. The highest BCUT2D eigenvalue weighted by Gasteiger charge is 2.46. The highest BCUT2D eigenvalue weighted by molar-refractivity contribution is 5.99. The second-order valence-electron chi connectivity index (χ2n) is 27.2. The number of likely N-dealkylation sites (N-methyl/N-ethyl adjacent to an activating group) is 7. The number of aliphatic hydroxyl groups is 1. The van der Waals surface area contributed by atoms with E-state index in [0.29, 0.717) is 19.1 Å². The molecular formula is C64H115N11O14. The van der Waals surface area contributed by atoms with Crippen LogP contribution in [-0.2, 0) is 62.3 Å². The average molecular weight is 1260 g/mol. The van der Waals surface area contributed by atoms with Gasteiger partial charge in [-0.05, 0) is 95.3 Å². The molecule has 12 atom stereocenters. The molecule has 1 heterocycles. The van der Waals surface area contributed by atoms with E-state index < -0.39 is 161 Å². The second kappa shape index (κ2) is 36.6. The number of aldehydes is 1. The first-order valence-corrected chi connectivity index (χ1v) is 31.9. The zero-order valence-electron chi connectivity index (χ0n) is 58.3. The van der Waals surface area contributed by atoms with Crippen LogP contribution in [0.1, 0.15) is 169 Å². The van der Waals surface area contributed by atoms with Gasteiger partial charge < -0.3 is 70.2 Å². The van der Waals surface area contributed by atoms with Gasteiger partial charge in [-0.2, -0.15) is 0 Å². The third-order valence-electron chi connectivity index (χ3n) is 16.9. The monoisotopic (exact) mass is 1260 g/mol. The van der Waals surface area contributed by atoms with Crippen molar-refractivity contribution in [1.29, 1.82) is 0 Å². The molecule has 0 unspecified atom stereocenters. The number of unbranched alkanes of at least 4 members (excludes halogenated alkanes) is 1. The number of ether oxygens (including phenoxy) is 1. The van der Waals surface area contributed by atoms with Crippen LogP contribution in [0.3, 0.4) is 0 Å². The van der Waals surface area contributed by atoms with Crippen LogP contribution in [0.15, 0.2) is 0 Å². The van der Waals surface area contributed by atoms with Crippen LogP contribution in [-0.4, -0.2) is 245 Å². The zero-order chi connectivity index (χ0) is 69.0. The summed E-state index contributed by atoms with van der Waals surface area (Å²) in [7, 11) is 9.73. The molecule has 5 N–H and O–H groups in total. The summed E-state index contributed by atoms with van der Waals surface area (Å²) in [6.07, 6.45) is 1.13. The van der Waals surface area contributed by atoms with Crippen molar-refractivity contribution < 1.29 is 67.4 Å². The van der Waals surface area contributed by atoms with E-state index in [-0.39, 0.29) is 56.5 Å². The summed E-state index contributed by atoms with van der Waals surface area (Å²) in [5.41, 5.74) is -1.23. The Hall–Kier alpha value is -6.24. The first kappa shape index (κ1) is 80.8. The molecule has 1 aliphatic heterocycles. The van der Waals surface area contributed by atoms with Crippen LogP contribution in [0, 0.1) is 35.5 Å². The van der Waals surface area contributed by atoms with Gasteiger partial charge in [-0.25, -0.2) is 0 Å². The number of aliphatic hydroxyl groups excluding tert-OH is 1. The Morgan fingerprint density at radius 3 is 1.46 bits per heavy atom. The summed E-state index contributed by atoms with van der Waals surface area (Å²) in [6.45, 7) is 28.4. The summed E-state index contributed by atoms with van der Waals surface area (Å²) in [5.74, 6) is -10.2. The molecule has 0 spiro atoms. The topological polar surface area (TPSA) is 305 Å². The quantitative estimate of drug-likeness (QED) is 0.116. The Balaban J connectivity index is 4.40. The van der Waals surface area contributed by atoms with E-state index in [1.807, 2.05) is 48.5 Å². The average Bonchev–Trinajstić information content (AvgIpc) is 3.31. The van der Waals surface area contributed by atoms with Crippen molar-refractivity contribution in [2.45, 2.75) is 241 Å². The molecule has 0 aromatic carbocycles. The molecule has 1 saturated heterocycles. The van der Waals surface area contributed by atoms with Gasteiger partial charge in [-0.1, -0.05) is 103 Å². The van der Waals surface area contributed by atoms with Crippen molar-refractivity contribution >= 4 is 71.3 Å². The fourth-order valence-electron chi connectivity index (χ4n) is 11.2. The molecule has 11 amide bonds.